The second-order valence-electron chi connectivity index (χ2n) is 5.41. The molecule has 1 saturated heterocycles. The van der Waals surface area contributed by atoms with E-state index >= 15 is 0 Å². The van der Waals surface area contributed by atoms with Crippen LogP contribution in [0.2, 0.25) is 0 Å². The van der Waals surface area contributed by atoms with Crippen LogP contribution in [0.5, 0.6) is 0 Å². The molecule has 1 aliphatic rings. The molecular formula is C15H23N3O2. The van der Waals surface area contributed by atoms with E-state index in [9.17, 15) is 4.79 Å². The van der Waals surface area contributed by atoms with Crippen LogP contribution in [0.3, 0.4) is 0 Å². The van der Waals surface area contributed by atoms with Gasteiger partial charge in [0.2, 0.25) is 0 Å². The molecular weight excluding hydrogens is 254 g/mol. The fourth-order valence-corrected chi connectivity index (χ4v) is 2.22. The Morgan fingerprint density at radius 3 is 3.00 bits per heavy atom. The van der Waals surface area contributed by atoms with Crippen molar-refractivity contribution in [2.24, 2.45) is 0 Å². The standard InChI is InChI=1S/C15H23N3O2/c1-17(2)13-6-4-5-12(9-13)15(19)16-10-14-11-18(3)7-8-20-14/h4-6,9,14H,7-8,10-11H2,1-3H3,(H,16,19). The number of carbonyl (C=O) groups is 1. The second-order valence-corrected chi connectivity index (χ2v) is 5.41. The van der Waals surface area contributed by atoms with Gasteiger partial charge in [-0.3, -0.25) is 4.79 Å². The molecule has 5 nitrogen and oxygen atoms in total. The maximum absolute atomic E-state index is 12.1. The zero-order chi connectivity index (χ0) is 14.5. The lowest BCUT2D eigenvalue weighted by molar-refractivity contribution is -0.0175. The van der Waals surface area contributed by atoms with Crippen LogP contribution in [0.1, 0.15) is 10.4 Å². The van der Waals surface area contributed by atoms with E-state index in [1.807, 2.05) is 43.3 Å². The van der Waals surface area contributed by atoms with Gasteiger partial charge in [-0.25, -0.2) is 0 Å². The molecule has 0 aliphatic carbocycles. The number of anilines is 1. The summed E-state index contributed by atoms with van der Waals surface area (Å²) in [5.74, 6) is -0.0504. The number of amides is 1. The highest BCUT2D eigenvalue weighted by atomic mass is 16.5. The summed E-state index contributed by atoms with van der Waals surface area (Å²) in [7, 11) is 5.99. The van der Waals surface area contributed by atoms with E-state index in [0.29, 0.717) is 12.1 Å². The Labute approximate surface area is 120 Å². The van der Waals surface area contributed by atoms with Crippen molar-refractivity contribution < 1.29 is 9.53 Å². The van der Waals surface area contributed by atoms with Gasteiger partial charge in [0.15, 0.2) is 0 Å². The average Bonchev–Trinajstić information content (AvgIpc) is 2.45. The number of nitrogens with zero attached hydrogens (tertiary/aromatic N) is 2. The Kier molecular flexibility index (Phi) is 4.98. The molecule has 1 unspecified atom stereocenters. The number of morpholine rings is 1. The summed E-state index contributed by atoms with van der Waals surface area (Å²) in [6.45, 7) is 3.09. The van der Waals surface area contributed by atoms with Gasteiger partial charge in [-0.1, -0.05) is 6.07 Å². The molecule has 1 fully saturated rings. The molecule has 1 heterocycles. The molecule has 110 valence electrons. The predicted octanol–water partition coefficient (Wildman–Crippen LogP) is 0.813. The molecule has 0 bridgehead atoms. The van der Waals surface area contributed by atoms with E-state index in [0.717, 1.165) is 25.4 Å². The molecule has 20 heavy (non-hydrogen) atoms. The van der Waals surface area contributed by atoms with Gasteiger partial charge in [0.1, 0.15) is 0 Å². The molecule has 1 amide bonds. The minimum atomic E-state index is -0.0504. The first kappa shape index (κ1) is 14.8. The van der Waals surface area contributed by atoms with Crippen LogP contribution in [0.4, 0.5) is 5.69 Å². The fraction of sp³-hybridized carbons (Fsp3) is 0.533. The van der Waals surface area contributed by atoms with Crippen molar-refractivity contribution in [3.05, 3.63) is 29.8 Å². The maximum Gasteiger partial charge on any atom is 0.251 e. The molecule has 1 aromatic rings. The number of rotatable bonds is 4. The molecule has 1 aliphatic heterocycles. The summed E-state index contributed by atoms with van der Waals surface area (Å²) in [4.78, 5) is 16.3. The van der Waals surface area contributed by atoms with Crippen molar-refractivity contribution in [2.45, 2.75) is 6.10 Å². The summed E-state index contributed by atoms with van der Waals surface area (Å²) in [5.41, 5.74) is 1.70. The van der Waals surface area contributed by atoms with E-state index in [4.69, 9.17) is 4.74 Å². The molecule has 2 rings (SSSR count). The Morgan fingerprint density at radius 1 is 1.50 bits per heavy atom. The first-order valence-electron chi connectivity index (χ1n) is 6.92. The third-order valence-corrected chi connectivity index (χ3v) is 3.46. The van der Waals surface area contributed by atoms with Gasteiger partial charge in [0.25, 0.3) is 5.91 Å². The van der Waals surface area contributed by atoms with Gasteiger partial charge in [-0.05, 0) is 25.2 Å². The van der Waals surface area contributed by atoms with E-state index in [1.165, 1.54) is 0 Å². The third-order valence-electron chi connectivity index (χ3n) is 3.46. The molecule has 1 N–H and O–H groups in total. The van der Waals surface area contributed by atoms with E-state index < -0.39 is 0 Å². The van der Waals surface area contributed by atoms with Crippen LogP contribution >= 0.6 is 0 Å². The summed E-state index contributed by atoms with van der Waals surface area (Å²) in [5, 5.41) is 2.95. The van der Waals surface area contributed by atoms with Crippen LogP contribution in [0.15, 0.2) is 24.3 Å². The lowest BCUT2D eigenvalue weighted by Crippen LogP contribution is -2.45. The quantitative estimate of drug-likeness (QED) is 0.885. The van der Waals surface area contributed by atoms with Crippen LogP contribution < -0.4 is 10.2 Å². The molecule has 0 aromatic heterocycles. The van der Waals surface area contributed by atoms with Gasteiger partial charge < -0.3 is 19.9 Å². The number of ether oxygens (including phenoxy) is 1. The zero-order valence-electron chi connectivity index (χ0n) is 12.4. The Hall–Kier alpha value is -1.59. The van der Waals surface area contributed by atoms with Gasteiger partial charge >= 0.3 is 0 Å². The van der Waals surface area contributed by atoms with Crippen molar-refractivity contribution in [1.82, 2.24) is 10.2 Å². The molecule has 0 spiro atoms. The summed E-state index contributed by atoms with van der Waals surface area (Å²) < 4.78 is 5.63. The SMILES string of the molecule is CN1CCOC(CNC(=O)c2cccc(N(C)C)c2)C1. The number of hydrogen-bond donors (Lipinski definition) is 1. The highest BCUT2D eigenvalue weighted by Crippen LogP contribution is 2.13. The normalized spacial score (nSPS) is 19.6. The topological polar surface area (TPSA) is 44.8 Å². The number of likely N-dealkylation sites (N-methyl/N-ethyl adjacent to an activating group) is 1. The maximum atomic E-state index is 12.1. The van der Waals surface area contributed by atoms with Crippen LogP contribution in [0, 0.1) is 0 Å². The highest BCUT2D eigenvalue weighted by Gasteiger charge is 2.18. The number of benzene rings is 1. The van der Waals surface area contributed by atoms with Crippen LogP contribution in [-0.4, -0.2) is 64.3 Å². The van der Waals surface area contributed by atoms with Crippen molar-refractivity contribution in [2.75, 3.05) is 52.3 Å². The Bertz CT molecular complexity index is 462. The van der Waals surface area contributed by atoms with E-state index in [1.54, 1.807) is 0 Å². The Morgan fingerprint density at radius 2 is 2.30 bits per heavy atom. The summed E-state index contributed by atoms with van der Waals surface area (Å²) >= 11 is 0. The molecule has 0 saturated carbocycles. The Balaban J connectivity index is 1.89. The van der Waals surface area contributed by atoms with Gasteiger partial charge in [-0.15, -0.1) is 0 Å². The molecule has 1 atom stereocenters. The number of carbonyl (C=O) groups excluding carboxylic acids is 1. The second kappa shape index (κ2) is 6.72. The fourth-order valence-electron chi connectivity index (χ4n) is 2.22. The summed E-state index contributed by atoms with van der Waals surface area (Å²) in [6, 6.07) is 7.60. The van der Waals surface area contributed by atoms with Gasteiger partial charge in [-0.2, -0.15) is 0 Å². The van der Waals surface area contributed by atoms with Crippen molar-refractivity contribution in [3.8, 4) is 0 Å². The highest BCUT2D eigenvalue weighted by molar-refractivity contribution is 5.95. The zero-order valence-corrected chi connectivity index (χ0v) is 12.4. The monoisotopic (exact) mass is 277 g/mol. The predicted molar refractivity (Wildman–Crippen MR) is 80.3 cm³/mol. The van der Waals surface area contributed by atoms with Crippen molar-refractivity contribution >= 4 is 11.6 Å². The van der Waals surface area contributed by atoms with Crippen LogP contribution in [0.25, 0.3) is 0 Å². The largest absolute Gasteiger partial charge is 0.378 e. The van der Waals surface area contributed by atoms with Crippen molar-refractivity contribution in [1.29, 1.82) is 0 Å². The van der Waals surface area contributed by atoms with Crippen LogP contribution in [-0.2, 0) is 4.74 Å². The third kappa shape index (κ3) is 3.95. The molecule has 0 radical (unpaired) electrons. The average molecular weight is 277 g/mol. The molecule has 5 heteroatoms. The minimum Gasteiger partial charge on any atom is -0.378 e. The minimum absolute atomic E-state index is 0.0504. The smallest absolute Gasteiger partial charge is 0.251 e. The number of hydrogen-bond acceptors (Lipinski definition) is 4. The summed E-state index contributed by atoms with van der Waals surface area (Å²) in [6.07, 6.45) is 0.0785. The molecule has 1 aromatic carbocycles. The first-order valence-corrected chi connectivity index (χ1v) is 6.92. The lowest BCUT2D eigenvalue weighted by Gasteiger charge is -2.30. The van der Waals surface area contributed by atoms with Gasteiger partial charge in [0.05, 0.1) is 12.7 Å². The number of nitrogens with one attached hydrogen (secondary N) is 1. The van der Waals surface area contributed by atoms with Gasteiger partial charge in [0, 0.05) is 45.0 Å². The lowest BCUT2D eigenvalue weighted by atomic mass is 10.1. The first-order chi connectivity index (χ1) is 9.56. The van der Waals surface area contributed by atoms with E-state index in [2.05, 4.69) is 17.3 Å². The van der Waals surface area contributed by atoms with Crippen molar-refractivity contribution in [3.63, 3.8) is 0 Å². The van der Waals surface area contributed by atoms with E-state index in [-0.39, 0.29) is 12.0 Å².